The summed E-state index contributed by atoms with van der Waals surface area (Å²) < 4.78 is 12.9. The van der Waals surface area contributed by atoms with E-state index in [1.54, 1.807) is 12.1 Å². The summed E-state index contributed by atoms with van der Waals surface area (Å²) in [5.41, 5.74) is 0. The number of benzene rings is 1. The Morgan fingerprint density at radius 2 is 1.90 bits per heavy atom. The third-order valence-electron chi connectivity index (χ3n) is 4.82. The van der Waals surface area contributed by atoms with E-state index in [1.807, 2.05) is 23.9 Å². The fraction of sp³-hybridized carbons (Fsp3) is 0.647. The number of thioether (sulfide) groups is 1. The molecule has 1 nitrogen and oxygen atoms in total. The van der Waals surface area contributed by atoms with Crippen LogP contribution in [0.3, 0.4) is 0 Å². The van der Waals surface area contributed by atoms with Crippen molar-refractivity contribution in [2.75, 3.05) is 12.8 Å². The maximum absolute atomic E-state index is 12.9. The van der Waals surface area contributed by atoms with Crippen LogP contribution in [0, 0.1) is 23.6 Å². The molecule has 1 fully saturated rings. The molecule has 0 amide bonds. The molecule has 1 aromatic rings. The molecule has 1 aromatic carbocycles. The van der Waals surface area contributed by atoms with Crippen LogP contribution < -0.4 is 5.32 Å². The zero-order valence-electron chi connectivity index (χ0n) is 12.7. The van der Waals surface area contributed by atoms with Crippen molar-refractivity contribution in [1.29, 1.82) is 0 Å². The van der Waals surface area contributed by atoms with E-state index in [1.165, 1.54) is 19.3 Å². The normalized spacial score (nSPS) is 28.3. The van der Waals surface area contributed by atoms with Gasteiger partial charge in [0.25, 0.3) is 0 Å². The highest BCUT2D eigenvalue weighted by Gasteiger charge is 2.29. The summed E-state index contributed by atoms with van der Waals surface area (Å²) in [6.45, 7) is 4.76. The predicted molar refractivity (Wildman–Crippen MR) is 85.6 cm³/mol. The van der Waals surface area contributed by atoms with Crippen LogP contribution in [-0.2, 0) is 0 Å². The van der Waals surface area contributed by atoms with Crippen molar-refractivity contribution in [3.05, 3.63) is 30.1 Å². The first-order chi connectivity index (χ1) is 9.60. The molecule has 0 bridgehead atoms. The summed E-state index contributed by atoms with van der Waals surface area (Å²) in [5, 5.41) is 3.49. The van der Waals surface area contributed by atoms with Gasteiger partial charge in [0.05, 0.1) is 0 Å². The summed E-state index contributed by atoms with van der Waals surface area (Å²) in [5.74, 6) is 3.39. The number of hydrogen-bond acceptors (Lipinski definition) is 2. The van der Waals surface area contributed by atoms with Crippen LogP contribution in [0.5, 0.6) is 0 Å². The van der Waals surface area contributed by atoms with E-state index in [0.717, 1.165) is 28.4 Å². The molecule has 2 rings (SSSR count). The summed E-state index contributed by atoms with van der Waals surface area (Å²) >= 11 is 1.83. The maximum atomic E-state index is 12.9. The van der Waals surface area contributed by atoms with E-state index >= 15 is 0 Å². The lowest BCUT2D eigenvalue weighted by Gasteiger charge is -2.36. The summed E-state index contributed by atoms with van der Waals surface area (Å²) in [6, 6.07) is 7.39. The van der Waals surface area contributed by atoms with Crippen LogP contribution in [0.15, 0.2) is 29.2 Å². The van der Waals surface area contributed by atoms with E-state index < -0.39 is 0 Å². The molecule has 3 heteroatoms. The minimum absolute atomic E-state index is 0.158. The van der Waals surface area contributed by atoms with Gasteiger partial charge in [-0.1, -0.05) is 20.3 Å². The monoisotopic (exact) mass is 295 g/mol. The molecular formula is C17H26FNS. The first-order valence-corrected chi connectivity index (χ1v) is 8.64. The molecular weight excluding hydrogens is 269 g/mol. The number of hydrogen-bond donors (Lipinski definition) is 1. The summed E-state index contributed by atoms with van der Waals surface area (Å²) in [6.07, 6.45) is 4.02. The first-order valence-electron chi connectivity index (χ1n) is 7.65. The smallest absolute Gasteiger partial charge is 0.123 e. The van der Waals surface area contributed by atoms with Gasteiger partial charge >= 0.3 is 0 Å². The van der Waals surface area contributed by atoms with Crippen LogP contribution in [0.2, 0.25) is 0 Å². The molecule has 20 heavy (non-hydrogen) atoms. The maximum Gasteiger partial charge on any atom is 0.123 e. The standard InChI is InChI=1S/C17H26FNS/c1-12-4-5-14(10-13(12)2)17(19-3)11-20-16-8-6-15(18)7-9-16/h6-9,12-14,17,19H,4-5,10-11H2,1-3H3. The van der Waals surface area contributed by atoms with Crippen molar-refractivity contribution in [3.8, 4) is 0 Å². The largest absolute Gasteiger partial charge is 0.316 e. The average molecular weight is 295 g/mol. The zero-order chi connectivity index (χ0) is 14.5. The van der Waals surface area contributed by atoms with Gasteiger partial charge in [0.2, 0.25) is 0 Å². The lowest BCUT2D eigenvalue weighted by Crippen LogP contribution is -2.39. The van der Waals surface area contributed by atoms with Gasteiger partial charge in [-0.05, 0) is 61.9 Å². The second-order valence-corrected chi connectivity index (χ2v) is 7.28. The highest BCUT2D eigenvalue weighted by Crippen LogP contribution is 2.36. The quantitative estimate of drug-likeness (QED) is 0.798. The predicted octanol–water partition coefficient (Wildman–Crippen LogP) is 4.58. The van der Waals surface area contributed by atoms with E-state index in [9.17, 15) is 4.39 Å². The van der Waals surface area contributed by atoms with Gasteiger partial charge in [0, 0.05) is 16.7 Å². The van der Waals surface area contributed by atoms with Gasteiger partial charge in [-0.25, -0.2) is 4.39 Å². The summed E-state index contributed by atoms with van der Waals surface area (Å²) in [7, 11) is 2.07. The molecule has 1 saturated carbocycles. The van der Waals surface area contributed by atoms with E-state index in [-0.39, 0.29) is 5.82 Å². The summed E-state index contributed by atoms with van der Waals surface area (Å²) in [4.78, 5) is 1.16. The molecule has 112 valence electrons. The zero-order valence-corrected chi connectivity index (χ0v) is 13.5. The Morgan fingerprint density at radius 3 is 2.50 bits per heavy atom. The van der Waals surface area contributed by atoms with Crippen molar-refractivity contribution in [2.45, 2.75) is 44.0 Å². The Labute approximate surface area is 126 Å². The Balaban J connectivity index is 1.87. The first kappa shape index (κ1) is 15.8. The molecule has 1 aliphatic carbocycles. The van der Waals surface area contributed by atoms with Crippen LogP contribution >= 0.6 is 11.8 Å². The average Bonchev–Trinajstić information content (AvgIpc) is 2.45. The third kappa shape index (κ3) is 4.23. The van der Waals surface area contributed by atoms with Crippen LogP contribution in [-0.4, -0.2) is 18.8 Å². The van der Waals surface area contributed by atoms with Crippen molar-refractivity contribution in [3.63, 3.8) is 0 Å². The number of halogens is 1. The molecule has 0 aromatic heterocycles. The molecule has 0 saturated heterocycles. The van der Waals surface area contributed by atoms with Gasteiger partial charge in [0.1, 0.15) is 5.82 Å². The topological polar surface area (TPSA) is 12.0 Å². The van der Waals surface area contributed by atoms with Crippen molar-refractivity contribution >= 4 is 11.8 Å². The molecule has 0 heterocycles. The van der Waals surface area contributed by atoms with Crippen molar-refractivity contribution < 1.29 is 4.39 Å². The molecule has 1 N–H and O–H groups in total. The lowest BCUT2D eigenvalue weighted by atomic mass is 9.73. The third-order valence-corrected chi connectivity index (χ3v) is 5.95. The Kier molecular flexibility index (Phi) is 5.91. The van der Waals surface area contributed by atoms with Crippen molar-refractivity contribution in [2.24, 2.45) is 17.8 Å². The van der Waals surface area contributed by atoms with Gasteiger partial charge in [0.15, 0.2) is 0 Å². The minimum Gasteiger partial charge on any atom is -0.316 e. The number of nitrogens with one attached hydrogen (secondary N) is 1. The van der Waals surface area contributed by atoms with Crippen LogP contribution in [0.25, 0.3) is 0 Å². The molecule has 0 radical (unpaired) electrons. The Bertz CT molecular complexity index is 406. The van der Waals surface area contributed by atoms with Gasteiger partial charge in [-0.15, -0.1) is 11.8 Å². The molecule has 0 aliphatic heterocycles. The van der Waals surface area contributed by atoms with E-state index in [4.69, 9.17) is 0 Å². The molecule has 4 atom stereocenters. The van der Waals surface area contributed by atoms with Crippen LogP contribution in [0.1, 0.15) is 33.1 Å². The minimum atomic E-state index is -0.158. The number of rotatable bonds is 5. The SMILES string of the molecule is CNC(CSc1ccc(F)cc1)C1CCC(C)C(C)C1. The second kappa shape index (κ2) is 7.46. The lowest BCUT2D eigenvalue weighted by molar-refractivity contribution is 0.181. The van der Waals surface area contributed by atoms with Gasteiger partial charge < -0.3 is 5.32 Å². The van der Waals surface area contributed by atoms with E-state index in [0.29, 0.717) is 6.04 Å². The van der Waals surface area contributed by atoms with Gasteiger partial charge in [-0.2, -0.15) is 0 Å². The Morgan fingerprint density at radius 1 is 1.20 bits per heavy atom. The van der Waals surface area contributed by atoms with Crippen molar-refractivity contribution in [1.82, 2.24) is 5.32 Å². The fourth-order valence-corrected chi connectivity index (χ4v) is 4.27. The van der Waals surface area contributed by atoms with E-state index in [2.05, 4.69) is 26.2 Å². The van der Waals surface area contributed by atoms with Gasteiger partial charge in [-0.3, -0.25) is 0 Å². The highest BCUT2D eigenvalue weighted by atomic mass is 32.2. The van der Waals surface area contributed by atoms with Crippen LogP contribution in [0.4, 0.5) is 4.39 Å². The Hall–Kier alpha value is -0.540. The second-order valence-electron chi connectivity index (χ2n) is 6.19. The highest BCUT2D eigenvalue weighted by molar-refractivity contribution is 7.99. The molecule has 1 aliphatic rings. The fourth-order valence-electron chi connectivity index (χ4n) is 3.13. The molecule has 0 spiro atoms. The molecule has 4 unspecified atom stereocenters.